The van der Waals surface area contributed by atoms with Gasteiger partial charge in [-0.3, -0.25) is 33.7 Å². The van der Waals surface area contributed by atoms with Crippen molar-refractivity contribution in [3.8, 4) is 32.8 Å². The van der Waals surface area contributed by atoms with Gasteiger partial charge < -0.3 is 54.0 Å². The van der Waals surface area contributed by atoms with Crippen LogP contribution in [-0.2, 0) is 60.7 Å². The SMILES string of the molecule is Cc1ncsc1-c1ccc(CNC(=O)[C@@H]2C[C@@H](O)CN2C(=O)[C@@H](NC(=O)COCCOCCOCCOCCOCC(=O)N2CCC(n3cc(-c4cnc5cccc(-c6cc(F)c(CN7CCOCC7)c(F)c6)c5n4)cn3)CC2)C(C)(C)C)cc1. The summed E-state index contributed by atoms with van der Waals surface area (Å²) in [5, 5.41) is 20.9. The summed E-state index contributed by atoms with van der Waals surface area (Å²) >= 11 is 1.56. The Morgan fingerprint density at radius 3 is 2.12 bits per heavy atom. The molecule has 6 aromatic rings. The number of halogens is 2. The topological polar surface area (TPSA) is 234 Å². The van der Waals surface area contributed by atoms with Gasteiger partial charge in [-0.1, -0.05) is 57.2 Å². The first-order valence-electron chi connectivity index (χ1n) is 28.9. The van der Waals surface area contributed by atoms with Crippen LogP contribution in [-0.4, -0.2) is 198 Å². The molecule has 0 aliphatic carbocycles. The smallest absolute Gasteiger partial charge is 0.248 e. The molecule has 3 aromatic carbocycles. The second-order valence-electron chi connectivity index (χ2n) is 22.4. The summed E-state index contributed by atoms with van der Waals surface area (Å²) in [4.78, 5) is 73.5. The molecule has 456 valence electrons. The van der Waals surface area contributed by atoms with Crippen LogP contribution in [0.3, 0.4) is 0 Å². The van der Waals surface area contributed by atoms with Gasteiger partial charge in [-0.2, -0.15) is 5.10 Å². The van der Waals surface area contributed by atoms with Crippen LogP contribution >= 0.6 is 11.3 Å². The number of rotatable bonds is 27. The van der Waals surface area contributed by atoms with Crippen molar-refractivity contribution in [1.29, 1.82) is 0 Å². The molecular formula is C61H76F2N10O11S. The number of benzene rings is 3. The number of ether oxygens (including phenoxy) is 6. The van der Waals surface area contributed by atoms with E-state index in [-0.39, 0.29) is 82.5 Å². The number of aromatic nitrogens is 5. The zero-order valence-electron chi connectivity index (χ0n) is 48.6. The molecule has 3 fully saturated rings. The molecule has 6 heterocycles. The molecule has 0 saturated carbocycles. The third-order valence-electron chi connectivity index (χ3n) is 15.3. The molecule has 3 aliphatic rings. The van der Waals surface area contributed by atoms with Gasteiger partial charge in [0.25, 0.3) is 0 Å². The lowest BCUT2D eigenvalue weighted by Crippen LogP contribution is -2.58. The number of hydrogen-bond donors (Lipinski definition) is 3. The van der Waals surface area contributed by atoms with E-state index >= 15 is 8.78 Å². The number of hydrogen-bond acceptors (Lipinski definition) is 17. The van der Waals surface area contributed by atoms with E-state index in [0.29, 0.717) is 113 Å². The number of thiazole rings is 1. The van der Waals surface area contributed by atoms with Crippen LogP contribution < -0.4 is 10.6 Å². The molecule has 9 rings (SSSR count). The van der Waals surface area contributed by atoms with Gasteiger partial charge in [0.1, 0.15) is 36.9 Å². The van der Waals surface area contributed by atoms with Crippen LogP contribution in [0.5, 0.6) is 0 Å². The molecule has 3 aliphatic heterocycles. The van der Waals surface area contributed by atoms with E-state index in [9.17, 15) is 24.3 Å². The van der Waals surface area contributed by atoms with Gasteiger partial charge in [-0.05, 0) is 60.1 Å². The first-order chi connectivity index (χ1) is 41.1. The van der Waals surface area contributed by atoms with Crippen molar-refractivity contribution in [3.63, 3.8) is 0 Å². The fourth-order valence-electron chi connectivity index (χ4n) is 10.5. The van der Waals surface area contributed by atoms with Crippen molar-refractivity contribution in [3.05, 3.63) is 107 Å². The van der Waals surface area contributed by atoms with E-state index in [1.165, 1.54) is 17.0 Å². The van der Waals surface area contributed by atoms with Crippen molar-refractivity contribution in [2.75, 3.05) is 112 Å². The highest BCUT2D eigenvalue weighted by atomic mass is 32.1. The van der Waals surface area contributed by atoms with Crippen LogP contribution in [0.2, 0.25) is 0 Å². The summed E-state index contributed by atoms with van der Waals surface area (Å²) in [6.45, 7) is 13.0. The van der Waals surface area contributed by atoms with Crippen LogP contribution in [0.4, 0.5) is 8.78 Å². The molecule has 4 amide bonds. The highest BCUT2D eigenvalue weighted by molar-refractivity contribution is 7.13. The number of nitrogens with zero attached hydrogens (tertiary/aromatic N) is 8. The highest BCUT2D eigenvalue weighted by Crippen LogP contribution is 2.33. The molecule has 3 N–H and O–H groups in total. The molecule has 3 atom stereocenters. The minimum absolute atomic E-state index is 0.0314. The van der Waals surface area contributed by atoms with Gasteiger partial charge >= 0.3 is 0 Å². The van der Waals surface area contributed by atoms with Crippen molar-refractivity contribution in [1.82, 2.24) is 50.1 Å². The van der Waals surface area contributed by atoms with Gasteiger partial charge in [0.2, 0.25) is 23.6 Å². The second-order valence-corrected chi connectivity index (χ2v) is 23.3. The number of fused-ring (bicyclic) bond motifs is 1. The average Bonchev–Trinajstić information content (AvgIpc) is 3.26. The standard InChI is InChI=1S/C61H76F2N10O11S/c1-40-57(85-39-66-40)42-10-8-41(9-11-42)31-65-59(77)53-30-46(74)35-72(53)60(78)58(61(2,3)4)69-54(75)37-83-26-24-81-22-20-80-21-23-82-25-27-84-38-55(76)71-14-12-45(13-15-71)73-34-44(32-67-73)52-33-64-51-7-5-6-47(56(51)68-52)43-28-49(62)48(50(63)29-43)36-70-16-18-79-19-17-70/h5-11,28-29,32-34,39,45-46,53,58,74H,12-27,30-31,35-38H2,1-4H3,(H,65,77)(H,69,75)/t46-,53+,58-/m1/s1. The summed E-state index contributed by atoms with van der Waals surface area (Å²) in [5.74, 6) is -2.66. The summed E-state index contributed by atoms with van der Waals surface area (Å²) in [6, 6.07) is 14.1. The van der Waals surface area contributed by atoms with E-state index < -0.39 is 47.1 Å². The van der Waals surface area contributed by atoms with Crippen LogP contribution in [0.1, 0.15) is 62.9 Å². The van der Waals surface area contributed by atoms with Gasteiger partial charge in [-0.25, -0.2) is 18.7 Å². The molecule has 85 heavy (non-hydrogen) atoms. The monoisotopic (exact) mass is 1190 g/mol. The summed E-state index contributed by atoms with van der Waals surface area (Å²) in [5.41, 5.74) is 7.39. The highest BCUT2D eigenvalue weighted by Gasteiger charge is 2.44. The Balaban J connectivity index is 0.598. The van der Waals surface area contributed by atoms with E-state index in [4.69, 9.17) is 33.4 Å². The first kappa shape index (κ1) is 62.8. The predicted octanol–water partition coefficient (Wildman–Crippen LogP) is 5.76. The average molecular weight is 1200 g/mol. The van der Waals surface area contributed by atoms with E-state index in [1.807, 2.05) is 73.8 Å². The summed E-state index contributed by atoms with van der Waals surface area (Å²) in [6.07, 6.45) is 5.92. The molecule has 3 aromatic heterocycles. The molecule has 0 bridgehead atoms. The van der Waals surface area contributed by atoms with Crippen LogP contribution in [0.25, 0.3) is 43.9 Å². The number of para-hydroxylation sites is 1. The fourth-order valence-corrected chi connectivity index (χ4v) is 11.3. The van der Waals surface area contributed by atoms with E-state index in [1.54, 1.807) is 46.3 Å². The molecule has 3 saturated heterocycles. The maximum atomic E-state index is 15.4. The number of piperidine rings is 1. The number of aliphatic hydroxyl groups is 1. The van der Waals surface area contributed by atoms with E-state index in [0.717, 1.165) is 27.3 Å². The fraction of sp³-hybridized carbons (Fsp3) is 0.508. The molecule has 0 unspecified atom stereocenters. The summed E-state index contributed by atoms with van der Waals surface area (Å²) in [7, 11) is 0. The third kappa shape index (κ3) is 17.0. The van der Waals surface area contributed by atoms with Gasteiger partial charge in [0, 0.05) is 75.1 Å². The minimum atomic E-state index is -0.985. The number of carbonyl (C=O) groups excluding carboxylic acids is 4. The molecule has 24 heteroatoms. The minimum Gasteiger partial charge on any atom is -0.391 e. The number of amides is 4. The van der Waals surface area contributed by atoms with Crippen LogP contribution in [0, 0.1) is 24.0 Å². The lowest BCUT2D eigenvalue weighted by molar-refractivity contribution is -0.144. The molecule has 0 radical (unpaired) electrons. The van der Waals surface area contributed by atoms with Crippen molar-refractivity contribution < 1.29 is 61.5 Å². The quantitative estimate of drug-likeness (QED) is 0.0521. The lowest BCUT2D eigenvalue weighted by atomic mass is 9.85. The number of aryl methyl sites for hydroxylation is 1. The number of β-amino-alcohol motifs (C(OH)–C–C–N with tert-alkyl or cyclic N) is 1. The Bertz CT molecular complexity index is 3180. The predicted molar refractivity (Wildman–Crippen MR) is 313 cm³/mol. The normalized spacial score (nSPS) is 17.4. The first-order valence-corrected chi connectivity index (χ1v) is 29.8. The zero-order chi connectivity index (χ0) is 59.9. The Morgan fingerprint density at radius 2 is 1.47 bits per heavy atom. The van der Waals surface area contributed by atoms with Gasteiger partial charge in [0.05, 0.1) is 123 Å². The Kier molecular flexibility index (Phi) is 22.2. The van der Waals surface area contributed by atoms with Crippen molar-refractivity contribution in [2.45, 2.75) is 84.3 Å². The maximum Gasteiger partial charge on any atom is 0.248 e. The Labute approximate surface area is 497 Å². The van der Waals surface area contributed by atoms with Crippen LogP contribution in [0.15, 0.2) is 78.7 Å². The Hall–Kier alpha value is -6.74. The molecule has 0 spiro atoms. The van der Waals surface area contributed by atoms with Gasteiger partial charge in [-0.15, -0.1) is 11.3 Å². The summed E-state index contributed by atoms with van der Waals surface area (Å²) < 4.78 is 66.0. The number of carbonyl (C=O) groups is 4. The molecular weight excluding hydrogens is 1120 g/mol. The third-order valence-corrected chi connectivity index (χ3v) is 16.2. The number of nitrogens with one attached hydrogen (secondary N) is 2. The van der Waals surface area contributed by atoms with Crippen molar-refractivity contribution in [2.24, 2.45) is 5.41 Å². The number of morpholine rings is 1. The lowest BCUT2D eigenvalue weighted by Gasteiger charge is -2.35. The van der Waals surface area contributed by atoms with Crippen molar-refractivity contribution >= 4 is 46.0 Å². The largest absolute Gasteiger partial charge is 0.391 e. The number of aliphatic hydroxyl groups excluding tert-OH is 1. The molecule has 21 nitrogen and oxygen atoms in total. The second kappa shape index (κ2) is 30.1. The van der Waals surface area contributed by atoms with E-state index in [2.05, 4.69) is 25.7 Å². The zero-order valence-corrected chi connectivity index (χ0v) is 49.5. The maximum absolute atomic E-state index is 15.4. The van der Waals surface area contributed by atoms with Gasteiger partial charge in [0.15, 0.2) is 0 Å². The number of likely N-dealkylation sites (tertiary alicyclic amines) is 2. The Morgan fingerprint density at radius 1 is 0.812 bits per heavy atom.